The molecule has 0 saturated carbocycles. The number of anilines is 1. The Labute approximate surface area is 123 Å². The zero-order valence-electron chi connectivity index (χ0n) is 11.9. The molecule has 1 aliphatic heterocycles. The first-order valence-corrected chi connectivity index (χ1v) is 7.98. The van der Waals surface area contributed by atoms with Crippen molar-refractivity contribution in [2.45, 2.75) is 32.7 Å². The van der Waals surface area contributed by atoms with E-state index in [-0.39, 0.29) is 5.91 Å². The first-order chi connectivity index (χ1) is 9.56. The average Bonchev–Trinajstić information content (AvgIpc) is 3.03. The molecule has 20 heavy (non-hydrogen) atoms. The number of carbonyl (C=O) groups is 1. The van der Waals surface area contributed by atoms with Crippen LogP contribution >= 0.6 is 11.3 Å². The second-order valence-electron chi connectivity index (χ2n) is 5.86. The van der Waals surface area contributed by atoms with Crippen molar-refractivity contribution in [1.29, 1.82) is 0 Å². The van der Waals surface area contributed by atoms with E-state index in [4.69, 9.17) is 5.73 Å². The fraction of sp³-hybridized carbons (Fsp3) is 0.438. The number of rotatable bonds is 2. The molecule has 0 aliphatic carbocycles. The highest BCUT2D eigenvalue weighted by molar-refractivity contribution is 7.20. The van der Waals surface area contributed by atoms with Crippen molar-refractivity contribution in [2.24, 2.45) is 5.92 Å². The van der Waals surface area contributed by atoms with E-state index in [1.54, 1.807) is 11.3 Å². The summed E-state index contributed by atoms with van der Waals surface area (Å²) in [5, 5.41) is 1.07. The molecule has 1 unspecified atom stereocenters. The molecule has 0 radical (unpaired) electrons. The largest absolute Gasteiger partial charge is 0.399 e. The van der Waals surface area contributed by atoms with Crippen LogP contribution < -0.4 is 5.73 Å². The van der Waals surface area contributed by atoms with Crippen LogP contribution in [0.1, 0.15) is 36.4 Å². The van der Waals surface area contributed by atoms with Gasteiger partial charge in [0.25, 0.3) is 5.91 Å². The quantitative estimate of drug-likeness (QED) is 0.856. The second-order valence-corrected chi connectivity index (χ2v) is 6.94. The highest BCUT2D eigenvalue weighted by Gasteiger charge is 2.31. The van der Waals surface area contributed by atoms with Crippen molar-refractivity contribution in [3.05, 3.63) is 29.1 Å². The molecule has 2 heterocycles. The Kier molecular flexibility index (Phi) is 3.42. The van der Waals surface area contributed by atoms with Gasteiger partial charge in [-0.25, -0.2) is 0 Å². The Hall–Kier alpha value is -1.55. The predicted octanol–water partition coefficient (Wildman–Crippen LogP) is 3.74. The third-order valence-corrected chi connectivity index (χ3v) is 5.18. The third-order valence-electron chi connectivity index (χ3n) is 4.08. The van der Waals surface area contributed by atoms with Crippen LogP contribution in [0.4, 0.5) is 5.69 Å². The number of nitrogens with two attached hydrogens (primary N) is 1. The first-order valence-electron chi connectivity index (χ1n) is 7.16. The number of nitrogens with zero attached hydrogens (tertiary/aromatic N) is 1. The van der Waals surface area contributed by atoms with Gasteiger partial charge in [-0.15, -0.1) is 11.3 Å². The number of amides is 1. The molecule has 1 atom stereocenters. The van der Waals surface area contributed by atoms with E-state index in [0.29, 0.717) is 12.0 Å². The van der Waals surface area contributed by atoms with Crippen molar-refractivity contribution in [3.63, 3.8) is 0 Å². The van der Waals surface area contributed by atoms with Gasteiger partial charge in [-0.1, -0.05) is 13.8 Å². The van der Waals surface area contributed by atoms with Crippen LogP contribution in [0.15, 0.2) is 24.3 Å². The molecule has 1 aromatic heterocycles. The van der Waals surface area contributed by atoms with E-state index < -0.39 is 0 Å². The molecule has 1 fully saturated rings. The van der Waals surface area contributed by atoms with Crippen LogP contribution in [-0.2, 0) is 0 Å². The van der Waals surface area contributed by atoms with Gasteiger partial charge in [0.1, 0.15) is 0 Å². The number of benzene rings is 1. The number of hydrogen-bond acceptors (Lipinski definition) is 3. The van der Waals surface area contributed by atoms with Crippen molar-refractivity contribution in [2.75, 3.05) is 12.3 Å². The Bertz CT molecular complexity index is 647. The highest BCUT2D eigenvalue weighted by atomic mass is 32.1. The van der Waals surface area contributed by atoms with Gasteiger partial charge in [0.2, 0.25) is 0 Å². The number of nitrogen functional groups attached to an aromatic ring is 1. The summed E-state index contributed by atoms with van der Waals surface area (Å²) < 4.78 is 1.13. The lowest BCUT2D eigenvalue weighted by molar-refractivity contribution is 0.0706. The van der Waals surface area contributed by atoms with E-state index in [9.17, 15) is 4.79 Å². The summed E-state index contributed by atoms with van der Waals surface area (Å²) in [5.41, 5.74) is 6.55. The van der Waals surface area contributed by atoms with Gasteiger partial charge in [-0.3, -0.25) is 4.79 Å². The first kappa shape index (κ1) is 13.4. The van der Waals surface area contributed by atoms with E-state index >= 15 is 0 Å². The molecule has 106 valence electrons. The zero-order valence-corrected chi connectivity index (χ0v) is 12.7. The molecule has 3 rings (SSSR count). The predicted molar refractivity (Wildman–Crippen MR) is 85.1 cm³/mol. The number of likely N-dealkylation sites (tertiary alicyclic amines) is 1. The number of hydrogen-bond donors (Lipinski definition) is 1. The maximum absolute atomic E-state index is 12.7. The van der Waals surface area contributed by atoms with Gasteiger partial charge in [-0.05, 0) is 48.4 Å². The highest BCUT2D eigenvalue weighted by Crippen LogP contribution is 2.31. The van der Waals surface area contributed by atoms with Crippen LogP contribution in [0, 0.1) is 5.92 Å². The van der Waals surface area contributed by atoms with Crippen molar-refractivity contribution < 1.29 is 4.79 Å². The van der Waals surface area contributed by atoms with Crippen molar-refractivity contribution in [3.8, 4) is 0 Å². The number of carbonyl (C=O) groups excluding carboxylic acids is 1. The molecule has 1 amide bonds. The minimum atomic E-state index is 0.181. The summed E-state index contributed by atoms with van der Waals surface area (Å²) in [6.45, 7) is 5.28. The topological polar surface area (TPSA) is 46.3 Å². The number of fused-ring (bicyclic) bond motifs is 1. The Morgan fingerprint density at radius 1 is 1.40 bits per heavy atom. The third kappa shape index (κ3) is 2.29. The fourth-order valence-electron chi connectivity index (χ4n) is 3.05. The maximum Gasteiger partial charge on any atom is 0.264 e. The van der Waals surface area contributed by atoms with Gasteiger partial charge in [0.15, 0.2) is 0 Å². The Balaban J connectivity index is 1.92. The molecule has 4 heteroatoms. The summed E-state index contributed by atoms with van der Waals surface area (Å²) >= 11 is 1.57. The lowest BCUT2D eigenvalue weighted by Crippen LogP contribution is -2.38. The standard InChI is InChI=1S/C16H20N2OS/c1-10(2)13-4-3-7-18(13)16(19)15-9-11-8-12(17)5-6-14(11)20-15/h5-6,8-10,13H,3-4,7,17H2,1-2H3. The summed E-state index contributed by atoms with van der Waals surface area (Å²) in [5.74, 6) is 0.701. The average molecular weight is 288 g/mol. The summed E-state index contributed by atoms with van der Waals surface area (Å²) in [6.07, 6.45) is 2.24. The maximum atomic E-state index is 12.7. The van der Waals surface area contributed by atoms with E-state index in [1.165, 1.54) is 0 Å². The lowest BCUT2D eigenvalue weighted by atomic mass is 10.0. The number of thiophene rings is 1. The Morgan fingerprint density at radius 2 is 2.20 bits per heavy atom. The van der Waals surface area contributed by atoms with Gasteiger partial charge < -0.3 is 10.6 Å². The SMILES string of the molecule is CC(C)C1CCCN1C(=O)c1cc2cc(N)ccc2s1. The molecule has 0 bridgehead atoms. The van der Waals surface area contributed by atoms with Gasteiger partial charge in [0, 0.05) is 23.0 Å². The van der Waals surface area contributed by atoms with Crippen LogP contribution in [0.25, 0.3) is 10.1 Å². The minimum Gasteiger partial charge on any atom is -0.399 e. The molecule has 3 nitrogen and oxygen atoms in total. The summed E-state index contributed by atoms with van der Waals surface area (Å²) in [6, 6.07) is 8.19. The molecule has 2 N–H and O–H groups in total. The van der Waals surface area contributed by atoms with E-state index in [2.05, 4.69) is 18.7 Å². The zero-order chi connectivity index (χ0) is 14.3. The molecular formula is C16H20N2OS. The van der Waals surface area contributed by atoms with Crippen LogP contribution in [0.3, 0.4) is 0 Å². The van der Waals surface area contributed by atoms with Crippen LogP contribution in [0.2, 0.25) is 0 Å². The molecular weight excluding hydrogens is 268 g/mol. The van der Waals surface area contributed by atoms with E-state index in [1.807, 2.05) is 24.3 Å². The molecule has 1 aliphatic rings. The molecule has 0 spiro atoms. The van der Waals surface area contributed by atoms with E-state index in [0.717, 1.165) is 40.0 Å². The minimum absolute atomic E-state index is 0.181. The van der Waals surface area contributed by atoms with Gasteiger partial charge in [-0.2, -0.15) is 0 Å². The molecule has 2 aromatic rings. The van der Waals surface area contributed by atoms with Crippen molar-refractivity contribution in [1.82, 2.24) is 4.90 Å². The second kappa shape index (κ2) is 5.09. The smallest absolute Gasteiger partial charge is 0.264 e. The Morgan fingerprint density at radius 3 is 2.95 bits per heavy atom. The summed E-state index contributed by atoms with van der Waals surface area (Å²) in [7, 11) is 0. The van der Waals surface area contributed by atoms with Crippen molar-refractivity contribution >= 4 is 33.0 Å². The van der Waals surface area contributed by atoms with Gasteiger partial charge >= 0.3 is 0 Å². The lowest BCUT2D eigenvalue weighted by Gasteiger charge is -2.27. The monoisotopic (exact) mass is 288 g/mol. The normalized spacial score (nSPS) is 19.1. The summed E-state index contributed by atoms with van der Waals surface area (Å²) in [4.78, 5) is 15.6. The van der Waals surface area contributed by atoms with Crippen LogP contribution in [0.5, 0.6) is 0 Å². The molecule has 1 aromatic carbocycles. The molecule has 1 saturated heterocycles. The van der Waals surface area contributed by atoms with Gasteiger partial charge in [0.05, 0.1) is 4.88 Å². The van der Waals surface area contributed by atoms with Crippen LogP contribution in [-0.4, -0.2) is 23.4 Å². The fourth-order valence-corrected chi connectivity index (χ4v) is 4.05.